The Labute approximate surface area is 145 Å². The van der Waals surface area contributed by atoms with Crippen molar-refractivity contribution >= 4 is 29.9 Å². The Hall–Kier alpha value is -0.820. The molecule has 0 saturated carbocycles. The van der Waals surface area contributed by atoms with Gasteiger partial charge in [-0.1, -0.05) is 31.2 Å². The van der Waals surface area contributed by atoms with Gasteiger partial charge in [0.05, 0.1) is 0 Å². The van der Waals surface area contributed by atoms with Crippen LogP contribution in [0.1, 0.15) is 31.4 Å². The maximum absolute atomic E-state index is 5.31. The van der Waals surface area contributed by atoms with E-state index < -0.39 is 0 Å². The van der Waals surface area contributed by atoms with E-state index in [2.05, 4.69) is 46.8 Å². The summed E-state index contributed by atoms with van der Waals surface area (Å²) in [6, 6.07) is 8.50. The third-order valence-corrected chi connectivity index (χ3v) is 3.13. The van der Waals surface area contributed by atoms with Crippen LogP contribution >= 0.6 is 24.0 Å². The van der Waals surface area contributed by atoms with E-state index in [0.717, 1.165) is 45.1 Å². The fourth-order valence-corrected chi connectivity index (χ4v) is 2.00. The lowest BCUT2D eigenvalue weighted by atomic mass is 10.1. The van der Waals surface area contributed by atoms with E-state index in [9.17, 15) is 0 Å². The molecule has 0 radical (unpaired) electrons. The van der Waals surface area contributed by atoms with Gasteiger partial charge < -0.3 is 15.4 Å². The first-order valence-electron chi connectivity index (χ1n) is 7.40. The van der Waals surface area contributed by atoms with E-state index in [1.54, 1.807) is 7.05 Å². The quantitative estimate of drug-likeness (QED) is 0.303. The maximum atomic E-state index is 5.31. The summed E-state index contributed by atoms with van der Waals surface area (Å²) in [7, 11) is 1.80. The fourth-order valence-electron chi connectivity index (χ4n) is 2.00. The summed E-state index contributed by atoms with van der Waals surface area (Å²) in [5.41, 5.74) is 2.71. The molecule has 1 aromatic carbocycles. The summed E-state index contributed by atoms with van der Waals surface area (Å²) < 4.78 is 5.31. The molecule has 0 heterocycles. The van der Waals surface area contributed by atoms with Crippen molar-refractivity contribution in [1.29, 1.82) is 0 Å². The van der Waals surface area contributed by atoms with E-state index in [-0.39, 0.29) is 24.0 Å². The Kier molecular flexibility index (Phi) is 12.4. The van der Waals surface area contributed by atoms with E-state index in [1.165, 1.54) is 11.1 Å². The number of hydrogen-bond donors (Lipinski definition) is 2. The Balaban J connectivity index is 0.00000400. The van der Waals surface area contributed by atoms with Crippen molar-refractivity contribution in [3.05, 3.63) is 35.4 Å². The molecule has 120 valence electrons. The van der Waals surface area contributed by atoms with Crippen molar-refractivity contribution in [3.8, 4) is 0 Å². The zero-order valence-electron chi connectivity index (χ0n) is 13.3. The second-order valence-corrected chi connectivity index (χ2v) is 4.53. The number of nitrogens with one attached hydrogen (secondary N) is 2. The molecule has 2 N–H and O–H groups in total. The minimum atomic E-state index is 0. The van der Waals surface area contributed by atoms with E-state index in [4.69, 9.17) is 4.74 Å². The maximum Gasteiger partial charge on any atom is 0.191 e. The number of guanidine groups is 1. The number of aryl methyl sites for hydroxylation is 1. The van der Waals surface area contributed by atoms with Crippen molar-refractivity contribution in [2.45, 2.75) is 33.2 Å². The highest BCUT2D eigenvalue weighted by atomic mass is 127. The van der Waals surface area contributed by atoms with Crippen LogP contribution in [0.25, 0.3) is 0 Å². The Morgan fingerprint density at radius 2 is 1.86 bits per heavy atom. The third kappa shape index (κ3) is 8.26. The molecule has 0 saturated heterocycles. The van der Waals surface area contributed by atoms with Crippen LogP contribution in [0.15, 0.2) is 29.3 Å². The summed E-state index contributed by atoms with van der Waals surface area (Å²) in [6.45, 7) is 7.43. The molecule has 0 spiro atoms. The average Bonchev–Trinajstić information content (AvgIpc) is 2.50. The average molecular weight is 405 g/mol. The standard InChI is InChI=1S/C16H27N3O.HI/c1-4-14-9-6-7-10-15(14)13-19-16(17-3)18-11-8-12-20-5-2;/h6-7,9-10H,4-5,8,11-13H2,1-3H3,(H2,17,18,19);1H. The highest BCUT2D eigenvalue weighted by Crippen LogP contribution is 2.08. The van der Waals surface area contributed by atoms with Crippen LogP contribution in [-0.2, 0) is 17.7 Å². The highest BCUT2D eigenvalue weighted by molar-refractivity contribution is 14.0. The van der Waals surface area contributed by atoms with Gasteiger partial charge in [0.1, 0.15) is 0 Å². The van der Waals surface area contributed by atoms with Gasteiger partial charge in [-0.05, 0) is 30.9 Å². The second kappa shape index (κ2) is 12.9. The third-order valence-electron chi connectivity index (χ3n) is 3.13. The van der Waals surface area contributed by atoms with Crippen molar-refractivity contribution in [3.63, 3.8) is 0 Å². The molecule has 0 bridgehead atoms. The number of benzene rings is 1. The van der Waals surface area contributed by atoms with Crippen molar-refractivity contribution < 1.29 is 4.74 Å². The van der Waals surface area contributed by atoms with Gasteiger partial charge in [-0.2, -0.15) is 0 Å². The normalized spacial score (nSPS) is 10.9. The molecule has 0 amide bonds. The molecule has 5 heteroatoms. The largest absolute Gasteiger partial charge is 0.382 e. The predicted molar refractivity (Wildman–Crippen MR) is 101 cm³/mol. The lowest BCUT2D eigenvalue weighted by molar-refractivity contribution is 0.145. The van der Waals surface area contributed by atoms with Gasteiger partial charge in [0.25, 0.3) is 0 Å². The molecule has 4 nitrogen and oxygen atoms in total. The van der Waals surface area contributed by atoms with E-state index in [1.807, 2.05) is 6.92 Å². The molecular weight excluding hydrogens is 377 g/mol. The molecule has 0 aliphatic heterocycles. The SMILES string of the molecule is CCOCCCNC(=NC)NCc1ccccc1CC.I. The number of hydrogen-bond acceptors (Lipinski definition) is 2. The van der Waals surface area contributed by atoms with E-state index in [0.29, 0.717) is 0 Å². The number of aliphatic imine (C=N–C) groups is 1. The van der Waals surface area contributed by atoms with Crippen LogP contribution in [0, 0.1) is 0 Å². The van der Waals surface area contributed by atoms with Crippen LogP contribution in [0.3, 0.4) is 0 Å². The Morgan fingerprint density at radius 3 is 2.48 bits per heavy atom. The summed E-state index contributed by atoms with van der Waals surface area (Å²) in [5.74, 6) is 0.840. The number of ether oxygens (including phenoxy) is 1. The molecule has 0 aliphatic carbocycles. The zero-order chi connectivity index (χ0) is 14.6. The lowest BCUT2D eigenvalue weighted by Crippen LogP contribution is -2.37. The number of rotatable bonds is 8. The molecule has 0 fully saturated rings. The van der Waals surface area contributed by atoms with Crippen molar-refractivity contribution in [2.24, 2.45) is 4.99 Å². The van der Waals surface area contributed by atoms with Gasteiger partial charge in [0.2, 0.25) is 0 Å². The highest BCUT2D eigenvalue weighted by Gasteiger charge is 2.01. The predicted octanol–water partition coefficient (Wildman–Crippen LogP) is 2.96. The smallest absolute Gasteiger partial charge is 0.191 e. The molecule has 0 aliphatic rings. The Morgan fingerprint density at radius 1 is 1.14 bits per heavy atom. The van der Waals surface area contributed by atoms with Crippen LogP contribution in [-0.4, -0.2) is 32.8 Å². The van der Waals surface area contributed by atoms with E-state index >= 15 is 0 Å². The van der Waals surface area contributed by atoms with Gasteiger partial charge in [-0.25, -0.2) is 0 Å². The summed E-state index contributed by atoms with van der Waals surface area (Å²) in [4.78, 5) is 4.23. The molecule has 21 heavy (non-hydrogen) atoms. The Bertz CT molecular complexity index is 410. The van der Waals surface area contributed by atoms with Gasteiger partial charge in [0.15, 0.2) is 5.96 Å². The summed E-state index contributed by atoms with van der Waals surface area (Å²) in [6.07, 6.45) is 2.04. The minimum Gasteiger partial charge on any atom is -0.382 e. The molecule has 0 unspecified atom stereocenters. The fraction of sp³-hybridized carbons (Fsp3) is 0.562. The topological polar surface area (TPSA) is 45.6 Å². The molecule has 1 rings (SSSR count). The number of halogens is 1. The van der Waals surface area contributed by atoms with Gasteiger partial charge in [-0.15, -0.1) is 24.0 Å². The van der Waals surface area contributed by atoms with Gasteiger partial charge in [0, 0.05) is 33.4 Å². The minimum absolute atomic E-state index is 0. The van der Waals surface area contributed by atoms with Gasteiger partial charge >= 0.3 is 0 Å². The first kappa shape index (κ1) is 20.2. The van der Waals surface area contributed by atoms with Crippen LogP contribution < -0.4 is 10.6 Å². The van der Waals surface area contributed by atoms with Gasteiger partial charge in [-0.3, -0.25) is 4.99 Å². The first-order chi connectivity index (χ1) is 9.81. The summed E-state index contributed by atoms with van der Waals surface area (Å²) in [5, 5.41) is 6.64. The second-order valence-electron chi connectivity index (χ2n) is 4.53. The molecular formula is C16H28IN3O. The first-order valence-corrected chi connectivity index (χ1v) is 7.40. The molecule has 0 aromatic heterocycles. The zero-order valence-corrected chi connectivity index (χ0v) is 15.6. The van der Waals surface area contributed by atoms with Crippen molar-refractivity contribution in [1.82, 2.24) is 10.6 Å². The molecule has 1 aromatic rings. The number of nitrogens with zero attached hydrogens (tertiary/aromatic N) is 1. The van der Waals surface area contributed by atoms with Crippen LogP contribution in [0.4, 0.5) is 0 Å². The van der Waals surface area contributed by atoms with Crippen molar-refractivity contribution in [2.75, 3.05) is 26.8 Å². The van der Waals surface area contributed by atoms with Crippen LogP contribution in [0.2, 0.25) is 0 Å². The molecule has 0 atom stereocenters. The monoisotopic (exact) mass is 405 g/mol. The van der Waals surface area contributed by atoms with Crippen LogP contribution in [0.5, 0.6) is 0 Å². The summed E-state index contributed by atoms with van der Waals surface area (Å²) >= 11 is 0. The lowest BCUT2D eigenvalue weighted by Gasteiger charge is -2.13.